The first kappa shape index (κ1) is 11.2. The lowest BCUT2D eigenvalue weighted by molar-refractivity contribution is -0.138. The van der Waals surface area contributed by atoms with Crippen LogP contribution in [0, 0.1) is 11.3 Å². The first-order valence-corrected chi connectivity index (χ1v) is 3.91. The molecule has 0 radical (unpaired) electrons. The molecule has 80 valence electrons. The molecule has 1 aromatic rings. The maximum Gasteiger partial charge on any atom is 0.420 e. The summed E-state index contributed by atoms with van der Waals surface area (Å²) in [5.41, 5.74) is 4.25. The van der Waals surface area contributed by atoms with Crippen molar-refractivity contribution < 1.29 is 17.9 Å². The number of benzene rings is 1. The lowest BCUT2D eigenvalue weighted by Crippen LogP contribution is -2.09. The van der Waals surface area contributed by atoms with E-state index in [1.165, 1.54) is 6.07 Å². The summed E-state index contributed by atoms with van der Waals surface area (Å²) in [6, 6.07) is 4.73. The second kappa shape index (κ2) is 4.09. The van der Waals surface area contributed by atoms with E-state index in [1.54, 1.807) is 6.07 Å². The van der Waals surface area contributed by atoms with Crippen LogP contribution in [0.3, 0.4) is 0 Å². The van der Waals surface area contributed by atoms with Gasteiger partial charge in [0.2, 0.25) is 0 Å². The fraction of sp³-hybridized carbons (Fsp3) is 0.222. The van der Waals surface area contributed by atoms with Crippen LogP contribution in [0.2, 0.25) is 0 Å². The van der Waals surface area contributed by atoms with Crippen LogP contribution < -0.4 is 10.5 Å². The molecule has 0 atom stereocenters. The van der Waals surface area contributed by atoms with Gasteiger partial charge in [0.05, 0.1) is 5.56 Å². The Balaban J connectivity index is 3.10. The van der Waals surface area contributed by atoms with Crippen LogP contribution in [0.5, 0.6) is 5.75 Å². The smallest absolute Gasteiger partial charge is 0.420 e. The summed E-state index contributed by atoms with van der Waals surface area (Å²) >= 11 is 0. The van der Waals surface area contributed by atoms with Gasteiger partial charge in [0.25, 0.3) is 0 Å². The van der Waals surface area contributed by atoms with Gasteiger partial charge in [0.15, 0.2) is 6.61 Å². The monoisotopic (exact) mass is 216 g/mol. The molecule has 0 unspecified atom stereocenters. The number of hydrogen-bond donors (Lipinski definition) is 1. The standard InChI is InChI=1S/C9H7F3N2O/c10-9(11,12)7-5-6(14)1-2-8(7)15-4-3-13/h1-2,5H,4,14H2. The molecule has 0 aliphatic rings. The molecule has 1 rings (SSSR count). The lowest BCUT2D eigenvalue weighted by atomic mass is 10.1. The zero-order valence-corrected chi connectivity index (χ0v) is 7.51. The Bertz CT molecular complexity index is 395. The van der Waals surface area contributed by atoms with Crippen molar-refractivity contribution in [3.8, 4) is 11.8 Å². The van der Waals surface area contributed by atoms with Crippen LogP contribution in [0.25, 0.3) is 0 Å². The van der Waals surface area contributed by atoms with Crippen LogP contribution in [-0.2, 0) is 6.18 Å². The number of nitrogens with two attached hydrogens (primary N) is 1. The number of halogens is 3. The molecule has 0 fully saturated rings. The highest BCUT2D eigenvalue weighted by molar-refractivity contribution is 5.49. The fourth-order valence-corrected chi connectivity index (χ4v) is 1.01. The Morgan fingerprint density at radius 1 is 1.40 bits per heavy atom. The number of nitrogens with zero attached hydrogens (tertiary/aromatic N) is 1. The SMILES string of the molecule is N#CCOc1ccc(N)cc1C(F)(F)F. The van der Waals surface area contributed by atoms with Crippen molar-refractivity contribution in [3.63, 3.8) is 0 Å². The first-order valence-electron chi connectivity index (χ1n) is 3.91. The minimum Gasteiger partial charge on any atom is -0.478 e. The molecule has 0 spiro atoms. The molecule has 0 aromatic heterocycles. The number of nitrogen functional groups attached to an aromatic ring is 1. The minimum atomic E-state index is -4.54. The molecular weight excluding hydrogens is 209 g/mol. The molecule has 0 aliphatic heterocycles. The molecule has 2 N–H and O–H groups in total. The number of alkyl halides is 3. The van der Waals surface area contributed by atoms with Gasteiger partial charge in [-0.2, -0.15) is 18.4 Å². The van der Waals surface area contributed by atoms with Crippen LogP contribution in [0.15, 0.2) is 18.2 Å². The molecule has 0 heterocycles. The van der Waals surface area contributed by atoms with Crippen molar-refractivity contribution in [2.75, 3.05) is 12.3 Å². The average molecular weight is 216 g/mol. The highest BCUT2D eigenvalue weighted by atomic mass is 19.4. The Labute approximate surface area is 83.9 Å². The van der Waals surface area contributed by atoms with Gasteiger partial charge < -0.3 is 10.5 Å². The van der Waals surface area contributed by atoms with Crippen molar-refractivity contribution in [1.82, 2.24) is 0 Å². The van der Waals surface area contributed by atoms with Crippen LogP contribution >= 0.6 is 0 Å². The van der Waals surface area contributed by atoms with Crippen LogP contribution in [0.1, 0.15) is 5.56 Å². The second-order valence-electron chi connectivity index (χ2n) is 2.70. The molecule has 15 heavy (non-hydrogen) atoms. The van der Waals surface area contributed by atoms with E-state index in [1.807, 2.05) is 0 Å². The van der Waals surface area contributed by atoms with Crippen LogP contribution in [-0.4, -0.2) is 6.61 Å². The van der Waals surface area contributed by atoms with Gasteiger partial charge in [0.1, 0.15) is 11.8 Å². The topological polar surface area (TPSA) is 59.0 Å². The van der Waals surface area contributed by atoms with Gasteiger partial charge in [-0.1, -0.05) is 0 Å². The molecule has 3 nitrogen and oxygen atoms in total. The summed E-state index contributed by atoms with van der Waals surface area (Å²) in [6.45, 7) is -0.438. The molecule has 6 heteroatoms. The Morgan fingerprint density at radius 2 is 2.07 bits per heavy atom. The van der Waals surface area contributed by atoms with E-state index in [0.717, 1.165) is 12.1 Å². The zero-order valence-electron chi connectivity index (χ0n) is 7.51. The van der Waals surface area contributed by atoms with E-state index < -0.39 is 24.1 Å². The van der Waals surface area contributed by atoms with Crippen molar-refractivity contribution in [3.05, 3.63) is 23.8 Å². The highest BCUT2D eigenvalue weighted by Crippen LogP contribution is 2.37. The third-order valence-corrected chi connectivity index (χ3v) is 1.60. The van der Waals surface area contributed by atoms with Gasteiger partial charge in [0, 0.05) is 5.69 Å². The Kier molecular flexibility index (Phi) is 3.04. The lowest BCUT2D eigenvalue weighted by Gasteiger charge is -2.12. The molecule has 0 saturated carbocycles. The van der Waals surface area contributed by atoms with E-state index in [2.05, 4.69) is 4.74 Å². The molecule has 0 aliphatic carbocycles. The molecule has 0 amide bonds. The summed E-state index contributed by atoms with van der Waals surface area (Å²) in [5.74, 6) is -0.391. The number of hydrogen-bond acceptors (Lipinski definition) is 3. The molecular formula is C9H7F3N2O. The van der Waals surface area contributed by atoms with Gasteiger partial charge in [-0.3, -0.25) is 0 Å². The highest BCUT2D eigenvalue weighted by Gasteiger charge is 2.34. The minimum absolute atomic E-state index is 0.00775. The number of nitriles is 1. The van der Waals surface area contributed by atoms with E-state index in [-0.39, 0.29) is 5.69 Å². The van der Waals surface area contributed by atoms with E-state index in [4.69, 9.17) is 11.0 Å². The zero-order chi connectivity index (χ0) is 11.5. The molecule has 1 aromatic carbocycles. The van der Waals surface area contributed by atoms with Crippen molar-refractivity contribution in [2.45, 2.75) is 6.18 Å². The number of rotatable bonds is 2. The third-order valence-electron chi connectivity index (χ3n) is 1.60. The third kappa shape index (κ3) is 2.77. The van der Waals surface area contributed by atoms with E-state index >= 15 is 0 Å². The van der Waals surface area contributed by atoms with E-state index in [9.17, 15) is 13.2 Å². The maximum atomic E-state index is 12.4. The Hall–Kier alpha value is -1.90. The summed E-state index contributed by atoms with van der Waals surface area (Å²) in [7, 11) is 0. The van der Waals surface area contributed by atoms with Gasteiger partial charge in [-0.05, 0) is 18.2 Å². The fourth-order valence-electron chi connectivity index (χ4n) is 1.01. The number of anilines is 1. The van der Waals surface area contributed by atoms with Crippen LogP contribution in [0.4, 0.5) is 18.9 Å². The van der Waals surface area contributed by atoms with Crippen molar-refractivity contribution >= 4 is 5.69 Å². The summed E-state index contributed by atoms with van der Waals surface area (Å²) in [6.07, 6.45) is -4.54. The predicted octanol–water partition coefficient (Wildman–Crippen LogP) is 2.19. The Morgan fingerprint density at radius 3 is 2.60 bits per heavy atom. The van der Waals surface area contributed by atoms with Gasteiger partial charge in [-0.25, -0.2) is 0 Å². The van der Waals surface area contributed by atoms with E-state index in [0.29, 0.717) is 0 Å². The van der Waals surface area contributed by atoms with Crippen molar-refractivity contribution in [2.24, 2.45) is 0 Å². The first-order chi connectivity index (χ1) is 6.95. The number of ether oxygens (including phenoxy) is 1. The van der Waals surface area contributed by atoms with Gasteiger partial charge >= 0.3 is 6.18 Å². The average Bonchev–Trinajstić information content (AvgIpc) is 2.14. The summed E-state index contributed by atoms with van der Waals surface area (Å²) in [4.78, 5) is 0. The molecule has 0 bridgehead atoms. The molecule has 0 saturated heterocycles. The summed E-state index contributed by atoms with van der Waals surface area (Å²) in [5, 5.41) is 8.19. The maximum absolute atomic E-state index is 12.4. The summed E-state index contributed by atoms with van der Waals surface area (Å²) < 4.78 is 41.9. The quantitative estimate of drug-likeness (QED) is 0.771. The van der Waals surface area contributed by atoms with Crippen molar-refractivity contribution in [1.29, 1.82) is 5.26 Å². The largest absolute Gasteiger partial charge is 0.478 e. The second-order valence-corrected chi connectivity index (χ2v) is 2.70. The van der Waals surface area contributed by atoms with Gasteiger partial charge in [-0.15, -0.1) is 0 Å². The normalized spacial score (nSPS) is 10.8. The predicted molar refractivity (Wildman–Crippen MR) is 47.0 cm³/mol.